The van der Waals surface area contributed by atoms with Crippen LogP contribution < -0.4 is 0 Å². The van der Waals surface area contributed by atoms with Crippen molar-refractivity contribution >= 4 is 38.9 Å². The fourth-order valence-corrected chi connectivity index (χ4v) is 3.89. The summed E-state index contributed by atoms with van der Waals surface area (Å²) in [5.41, 5.74) is 3.69. The summed E-state index contributed by atoms with van der Waals surface area (Å²) in [5, 5.41) is 1.99. The summed E-state index contributed by atoms with van der Waals surface area (Å²) in [6.45, 7) is 4.20. The van der Waals surface area contributed by atoms with Crippen molar-refractivity contribution in [3.63, 3.8) is 0 Å². The van der Waals surface area contributed by atoms with Crippen molar-refractivity contribution in [2.45, 2.75) is 19.2 Å². The Morgan fingerprint density at radius 1 is 1.25 bits per heavy atom. The Kier molecular flexibility index (Phi) is 3.73. The lowest BCUT2D eigenvalue weighted by Gasteiger charge is -2.12. The van der Waals surface area contributed by atoms with E-state index in [1.54, 1.807) is 11.3 Å². The molecule has 84 valence electrons. The van der Waals surface area contributed by atoms with Gasteiger partial charge in [-0.2, -0.15) is 0 Å². The van der Waals surface area contributed by atoms with Crippen molar-refractivity contribution in [2.24, 2.45) is 0 Å². The molecule has 0 amide bonds. The Morgan fingerprint density at radius 3 is 2.62 bits per heavy atom. The standard InChI is InChI=1S/C13H12BrClS/c1-8-3-4-9(2)10(7-8)12(15)13-11(14)5-6-16-13/h3-7,12H,1-2H3. The fraction of sp³-hybridized carbons (Fsp3) is 0.231. The second-order valence-electron chi connectivity index (χ2n) is 3.86. The highest BCUT2D eigenvalue weighted by Gasteiger charge is 2.17. The molecule has 1 atom stereocenters. The molecule has 16 heavy (non-hydrogen) atoms. The molecule has 0 nitrogen and oxygen atoms in total. The number of rotatable bonds is 2. The molecule has 0 aliphatic rings. The molecule has 0 N–H and O–H groups in total. The molecule has 0 aliphatic carbocycles. The Hall–Kier alpha value is -0.310. The largest absolute Gasteiger partial charge is 0.146 e. The SMILES string of the molecule is Cc1ccc(C)c(C(Cl)c2sccc2Br)c1. The molecule has 0 aliphatic heterocycles. The van der Waals surface area contributed by atoms with Gasteiger partial charge >= 0.3 is 0 Å². The first-order valence-electron chi connectivity index (χ1n) is 5.03. The molecule has 1 unspecified atom stereocenters. The summed E-state index contributed by atoms with van der Waals surface area (Å²) >= 11 is 11.8. The summed E-state index contributed by atoms with van der Waals surface area (Å²) < 4.78 is 1.10. The zero-order chi connectivity index (χ0) is 11.7. The number of aryl methyl sites for hydroxylation is 2. The minimum absolute atomic E-state index is 0.0609. The maximum atomic E-state index is 6.54. The monoisotopic (exact) mass is 314 g/mol. The lowest BCUT2D eigenvalue weighted by Crippen LogP contribution is -1.95. The number of benzene rings is 1. The quantitative estimate of drug-likeness (QED) is 0.646. The molecule has 0 fully saturated rings. The highest BCUT2D eigenvalue weighted by atomic mass is 79.9. The molecule has 0 saturated carbocycles. The molecule has 2 rings (SSSR count). The highest BCUT2D eigenvalue weighted by Crippen LogP contribution is 2.38. The van der Waals surface area contributed by atoms with Gasteiger partial charge in [-0.05, 0) is 52.4 Å². The molecular formula is C13H12BrClS. The van der Waals surface area contributed by atoms with Gasteiger partial charge in [-0.25, -0.2) is 0 Å². The third-order valence-electron chi connectivity index (χ3n) is 2.58. The van der Waals surface area contributed by atoms with Crippen LogP contribution in [-0.4, -0.2) is 0 Å². The van der Waals surface area contributed by atoms with Gasteiger partial charge in [0.15, 0.2) is 0 Å². The summed E-state index contributed by atoms with van der Waals surface area (Å²) in [6, 6.07) is 8.45. The highest BCUT2D eigenvalue weighted by molar-refractivity contribution is 9.10. The van der Waals surface area contributed by atoms with E-state index in [0.29, 0.717) is 0 Å². The summed E-state index contributed by atoms with van der Waals surface area (Å²) in [5.74, 6) is 0. The zero-order valence-corrected chi connectivity index (χ0v) is 12.3. The lowest BCUT2D eigenvalue weighted by atomic mass is 10.0. The van der Waals surface area contributed by atoms with Crippen LogP contribution in [0.15, 0.2) is 34.1 Å². The summed E-state index contributed by atoms with van der Waals surface area (Å²) in [6.07, 6.45) is 0. The molecule has 2 aromatic rings. The van der Waals surface area contributed by atoms with Crippen molar-refractivity contribution < 1.29 is 0 Å². The second-order valence-corrected chi connectivity index (χ2v) is 6.09. The average molecular weight is 316 g/mol. The number of hydrogen-bond donors (Lipinski definition) is 0. The van der Waals surface area contributed by atoms with Crippen LogP contribution in [0.2, 0.25) is 0 Å². The van der Waals surface area contributed by atoms with E-state index < -0.39 is 0 Å². The Labute approximate surface area is 113 Å². The third-order valence-corrected chi connectivity index (χ3v) is 5.10. The number of alkyl halides is 1. The van der Waals surface area contributed by atoms with Gasteiger partial charge in [0, 0.05) is 9.35 Å². The summed E-state index contributed by atoms with van der Waals surface area (Å²) in [4.78, 5) is 1.18. The van der Waals surface area contributed by atoms with Crippen LogP contribution in [0.3, 0.4) is 0 Å². The maximum Gasteiger partial charge on any atom is 0.0941 e. The van der Waals surface area contributed by atoms with E-state index in [1.807, 2.05) is 6.07 Å². The molecule has 0 bridgehead atoms. The molecule has 0 radical (unpaired) electrons. The normalized spacial score (nSPS) is 12.8. The van der Waals surface area contributed by atoms with Crippen molar-refractivity contribution in [1.82, 2.24) is 0 Å². The fourth-order valence-electron chi connectivity index (χ4n) is 1.66. The van der Waals surface area contributed by atoms with Crippen molar-refractivity contribution in [1.29, 1.82) is 0 Å². The maximum absolute atomic E-state index is 6.54. The van der Waals surface area contributed by atoms with Gasteiger partial charge in [0.1, 0.15) is 0 Å². The number of thiophene rings is 1. The van der Waals surface area contributed by atoms with Crippen LogP contribution in [0.4, 0.5) is 0 Å². The first kappa shape index (κ1) is 12.2. The van der Waals surface area contributed by atoms with Gasteiger partial charge in [0.05, 0.1) is 5.38 Å². The van der Waals surface area contributed by atoms with Crippen LogP contribution in [0, 0.1) is 13.8 Å². The molecule has 3 heteroatoms. The topological polar surface area (TPSA) is 0 Å². The molecular weight excluding hydrogens is 304 g/mol. The Balaban J connectivity index is 2.45. The van der Waals surface area contributed by atoms with E-state index in [4.69, 9.17) is 11.6 Å². The number of halogens is 2. The van der Waals surface area contributed by atoms with Gasteiger partial charge in [-0.15, -0.1) is 22.9 Å². The first-order valence-corrected chi connectivity index (χ1v) is 7.14. The Bertz CT molecular complexity index is 504. The van der Waals surface area contributed by atoms with E-state index in [-0.39, 0.29) is 5.38 Å². The van der Waals surface area contributed by atoms with Crippen molar-refractivity contribution in [3.05, 3.63) is 55.7 Å². The van der Waals surface area contributed by atoms with Gasteiger partial charge in [0.25, 0.3) is 0 Å². The van der Waals surface area contributed by atoms with Crippen LogP contribution in [0.5, 0.6) is 0 Å². The number of hydrogen-bond acceptors (Lipinski definition) is 1. The molecule has 1 heterocycles. The van der Waals surface area contributed by atoms with E-state index in [9.17, 15) is 0 Å². The van der Waals surface area contributed by atoms with E-state index in [2.05, 4.69) is 53.4 Å². The minimum atomic E-state index is -0.0609. The van der Waals surface area contributed by atoms with Gasteiger partial charge < -0.3 is 0 Å². The van der Waals surface area contributed by atoms with Crippen LogP contribution in [0.1, 0.15) is 26.9 Å². The predicted molar refractivity (Wildman–Crippen MR) is 75.6 cm³/mol. The van der Waals surface area contributed by atoms with Crippen molar-refractivity contribution in [3.8, 4) is 0 Å². The van der Waals surface area contributed by atoms with Crippen LogP contribution in [-0.2, 0) is 0 Å². The lowest BCUT2D eigenvalue weighted by molar-refractivity contribution is 1.13. The van der Waals surface area contributed by atoms with Crippen molar-refractivity contribution in [2.75, 3.05) is 0 Å². The molecule has 1 aromatic carbocycles. The third kappa shape index (κ3) is 2.34. The smallest absolute Gasteiger partial charge is 0.0941 e. The van der Waals surface area contributed by atoms with Gasteiger partial charge in [-0.1, -0.05) is 23.8 Å². The Morgan fingerprint density at radius 2 is 2.00 bits per heavy atom. The first-order chi connectivity index (χ1) is 7.59. The van der Waals surface area contributed by atoms with Gasteiger partial charge in [-0.3, -0.25) is 0 Å². The molecule has 0 spiro atoms. The molecule has 0 saturated heterocycles. The van der Waals surface area contributed by atoms with E-state index >= 15 is 0 Å². The average Bonchev–Trinajstić information content (AvgIpc) is 2.67. The summed E-state index contributed by atoms with van der Waals surface area (Å²) in [7, 11) is 0. The zero-order valence-electron chi connectivity index (χ0n) is 9.13. The van der Waals surface area contributed by atoms with Crippen LogP contribution in [0.25, 0.3) is 0 Å². The van der Waals surface area contributed by atoms with Gasteiger partial charge in [0.2, 0.25) is 0 Å². The molecule has 1 aromatic heterocycles. The minimum Gasteiger partial charge on any atom is -0.146 e. The van der Waals surface area contributed by atoms with E-state index in [0.717, 1.165) is 4.47 Å². The predicted octanol–water partition coefficient (Wildman–Crippen LogP) is 5.46. The van der Waals surface area contributed by atoms with Crippen LogP contribution >= 0.6 is 38.9 Å². The van der Waals surface area contributed by atoms with E-state index in [1.165, 1.54) is 21.6 Å². The second kappa shape index (κ2) is 4.91.